The summed E-state index contributed by atoms with van der Waals surface area (Å²) in [6.07, 6.45) is 4.58. The topological polar surface area (TPSA) is 83.3 Å². The highest BCUT2D eigenvalue weighted by Crippen LogP contribution is 2.38. The number of aromatic nitrogens is 2. The molecular formula is C12H16N2O3. The van der Waals surface area contributed by atoms with Crippen molar-refractivity contribution in [3.05, 3.63) is 23.8 Å². The monoisotopic (exact) mass is 236 g/mol. The lowest BCUT2D eigenvalue weighted by molar-refractivity contribution is -0.146. The highest BCUT2D eigenvalue weighted by Gasteiger charge is 2.44. The number of aliphatic carboxylic acids is 1. The molecule has 0 amide bonds. The number of carboxylic acid groups (broad SMARTS) is 1. The van der Waals surface area contributed by atoms with Crippen LogP contribution in [0.1, 0.15) is 37.1 Å². The molecule has 1 saturated carbocycles. The van der Waals surface area contributed by atoms with E-state index < -0.39 is 11.4 Å². The molecule has 1 aliphatic carbocycles. The quantitative estimate of drug-likeness (QED) is 0.801. The van der Waals surface area contributed by atoms with Crippen LogP contribution in [0.5, 0.6) is 0 Å². The summed E-state index contributed by atoms with van der Waals surface area (Å²) in [6, 6.07) is 0. The molecule has 92 valence electrons. The molecule has 5 heteroatoms. The molecule has 1 heterocycles. The molecule has 1 fully saturated rings. The van der Waals surface area contributed by atoms with Gasteiger partial charge in [-0.15, -0.1) is 0 Å². The summed E-state index contributed by atoms with van der Waals surface area (Å²) in [5, 5.41) is 18.9. The van der Waals surface area contributed by atoms with Crippen LogP contribution in [0.3, 0.4) is 0 Å². The second-order valence-corrected chi connectivity index (χ2v) is 4.66. The first kappa shape index (κ1) is 12.0. The molecule has 0 saturated heterocycles. The highest BCUT2D eigenvalue weighted by molar-refractivity contribution is 5.80. The van der Waals surface area contributed by atoms with Crippen LogP contribution in [0.25, 0.3) is 0 Å². The van der Waals surface area contributed by atoms with Crippen molar-refractivity contribution in [2.45, 2.75) is 44.1 Å². The number of aliphatic hydroxyl groups excluding tert-OH is 1. The molecule has 2 rings (SSSR count). The maximum absolute atomic E-state index is 11.5. The van der Waals surface area contributed by atoms with Crippen LogP contribution < -0.4 is 0 Å². The van der Waals surface area contributed by atoms with E-state index in [2.05, 4.69) is 9.97 Å². The van der Waals surface area contributed by atoms with E-state index in [0.29, 0.717) is 31.4 Å². The number of nitrogens with zero attached hydrogens (tertiary/aromatic N) is 2. The van der Waals surface area contributed by atoms with E-state index in [-0.39, 0.29) is 6.10 Å². The fraction of sp³-hybridized carbons (Fsp3) is 0.583. The van der Waals surface area contributed by atoms with Crippen LogP contribution in [0, 0.1) is 6.92 Å². The Balaban J connectivity index is 2.35. The first-order valence-corrected chi connectivity index (χ1v) is 5.75. The predicted octanol–water partition coefficient (Wildman–Crippen LogP) is 1.04. The third-order valence-electron chi connectivity index (χ3n) is 3.49. The SMILES string of the molecule is Cc1cnc(C2(C(=O)O)CCC(O)CC2)cn1. The summed E-state index contributed by atoms with van der Waals surface area (Å²) in [5.74, 6) is -0.873. The Morgan fingerprint density at radius 2 is 2.00 bits per heavy atom. The van der Waals surface area contributed by atoms with Gasteiger partial charge in [-0.25, -0.2) is 0 Å². The molecule has 0 radical (unpaired) electrons. The van der Waals surface area contributed by atoms with Crippen molar-refractivity contribution < 1.29 is 15.0 Å². The summed E-state index contributed by atoms with van der Waals surface area (Å²) >= 11 is 0. The van der Waals surface area contributed by atoms with Gasteiger partial charge in [0.2, 0.25) is 0 Å². The summed E-state index contributed by atoms with van der Waals surface area (Å²) in [6.45, 7) is 1.81. The van der Waals surface area contributed by atoms with Crippen LogP contribution in [-0.4, -0.2) is 32.3 Å². The third kappa shape index (κ3) is 2.15. The van der Waals surface area contributed by atoms with E-state index in [1.54, 1.807) is 12.4 Å². The van der Waals surface area contributed by atoms with E-state index in [0.717, 1.165) is 5.69 Å². The zero-order valence-electron chi connectivity index (χ0n) is 9.76. The lowest BCUT2D eigenvalue weighted by Crippen LogP contribution is -2.41. The fourth-order valence-corrected chi connectivity index (χ4v) is 2.31. The standard InChI is InChI=1S/C12H16N2O3/c1-8-6-14-10(7-13-8)12(11(16)17)4-2-9(15)3-5-12/h6-7,9,15H,2-5H2,1H3,(H,16,17). The average molecular weight is 236 g/mol. The van der Waals surface area contributed by atoms with Crippen LogP contribution in [0.15, 0.2) is 12.4 Å². The minimum Gasteiger partial charge on any atom is -0.481 e. The van der Waals surface area contributed by atoms with E-state index in [4.69, 9.17) is 0 Å². The molecule has 2 N–H and O–H groups in total. The van der Waals surface area contributed by atoms with Crippen molar-refractivity contribution in [1.82, 2.24) is 9.97 Å². The molecule has 0 aliphatic heterocycles. The Hall–Kier alpha value is -1.49. The number of hydrogen-bond donors (Lipinski definition) is 2. The van der Waals surface area contributed by atoms with Gasteiger partial charge in [0.15, 0.2) is 0 Å². The van der Waals surface area contributed by atoms with Crippen molar-refractivity contribution in [2.24, 2.45) is 0 Å². The van der Waals surface area contributed by atoms with E-state index in [1.807, 2.05) is 6.92 Å². The first-order chi connectivity index (χ1) is 8.04. The molecule has 17 heavy (non-hydrogen) atoms. The molecule has 0 bridgehead atoms. The number of carbonyl (C=O) groups is 1. The maximum Gasteiger partial charge on any atom is 0.315 e. The number of aliphatic hydroxyl groups is 1. The fourth-order valence-electron chi connectivity index (χ4n) is 2.31. The summed E-state index contributed by atoms with van der Waals surface area (Å²) < 4.78 is 0. The lowest BCUT2D eigenvalue weighted by atomic mass is 9.71. The van der Waals surface area contributed by atoms with E-state index >= 15 is 0 Å². The third-order valence-corrected chi connectivity index (χ3v) is 3.49. The largest absolute Gasteiger partial charge is 0.481 e. The van der Waals surface area contributed by atoms with E-state index in [9.17, 15) is 15.0 Å². The van der Waals surface area contributed by atoms with Gasteiger partial charge in [0.25, 0.3) is 0 Å². The van der Waals surface area contributed by atoms with Gasteiger partial charge in [-0.05, 0) is 32.6 Å². The lowest BCUT2D eigenvalue weighted by Gasteiger charge is -2.34. The van der Waals surface area contributed by atoms with Gasteiger partial charge in [0.1, 0.15) is 5.41 Å². The molecule has 5 nitrogen and oxygen atoms in total. The summed E-state index contributed by atoms with van der Waals surface area (Å²) in [5.41, 5.74) is 0.299. The van der Waals surface area contributed by atoms with Gasteiger partial charge in [-0.3, -0.25) is 14.8 Å². The molecular weight excluding hydrogens is 220 g/mol. The summed E-state index contributed by atoms with van der Waals surface area (Å²) in [4.78, 5) is 19.8. The molecule has 1 aromatic heterocycles. The van der Waals surface area contributed by atoms with Gasteiger partial charge >= 0.3 is 5.97 Å². The second-order valence-electron chi connectivity index (χ2n) is 4.66. The molecule has 0 unspecified atom stereocenters. The Bertz CT molecular complexity index is 408. The van der Waals surface area contributed by atoms with Gasteiger partial charge in [0.05, 0.1) is 17.5 Å². The van der Waals surface area contributed by atoms with Crippen molar-refractivity contribution in [3.8, 4) is 0 Å². The smallest absolute Gasteiger partial charge is 0.315 e. The van der Waals surface area contributed by atoms with Crippen molar-refractivity contribution in [2.75, 3.05) is 0 Å². The Morgan fingerprint density at radius 1 is 1.35 bits per heavy atom. The molecule has 0 spiro atoms. The van der Waals surface area contributed by atoms with Crippen molar-refractivity contribution in [3.63, 3.8) is 0 Å². The zero-order valence-corrected chi connectivity index (χ0v) is 9.76. The molecule has 1 aromatic rings. The van der Waals surface area contributed by atoms with Gasteiger partial charge in [-0.1, -0.05) is 0 Å². The molecule has 0 atom stereocenters. The Labute approximate surface area is 99.5 Å². The minimum atomic E-state index is -0.972. The molecule has 0 aromatic carbocycles. The normalized spacial score (nSPS) is 28.9. The molecule has 1 aliphatic rings. The van der Waals surface area contributed by atoms with Crippen LogP contribution in [0.4, 0.5) is 0 Å². The number of carboxylic acids is 1. The van der Waals surface area contributed by atoms with E-state index in [1.165, 1.54) is 0 Å². The van der Waals surface area contributed by atoms with Crippen LogP contribution in [-0.2, 0) is 10.2 Å². The highest BCUT2D eigenvalue weighted by atomic mass is 16.4. The van der Waals surface area contributed by atoms with Crippen molar-refractivity contribution in [1.29, 1.82) is 0 Å². The number of hydrogen-bond acceptors (Lipinski definition) is 4. The second kappa shape index (κ2) is 4.41. The van der Waals surface area contributed by atoms with Gasteiger partial charge in [-0.2, -0.15) is 0 Å². The zero-order chi connectivity index (χ0) is 12.5. The predicted molar refractivity (Wildman–Crippen MR) is 60.6 cm³/mol. The van der Waals surface area contributed by atoms with Gasteiger partial charge < -0.3 is 10.2 Å². The minimum absolute atomic E-state index is 0.388. The Kier molecular flexibility index (Phi) is 3.11. The van der Waals surface area contributed by atoms with Crippen molar-refractivity contribution >= 4 is 5.97 Å². The van der Waals surface area contributed by atoms with Crippen LogP contribution >= 0.6 is 0 Å². The average Bonchev–Trinajstić information content (AvgIpc) is 2.31. The maximum atomic E-state index is 11.5. The van der Waals surface area contributed by atoms with Crippen LogP contribution in [0.2, 0.25) is 0 Å². The van der Waals surface area contributed by atoms with Gasteiger partial charge in [0, 0.05) is 12.4 Å². The first-order valence-electron chi connectivity index (χ1n) is 5.75. The number of rotatable bonds is 2. The number of aryl methyl sites for hydroxylation is 1. The Morgan fingerprint density at radius 3 is 2.47 bits per heavy atom. The summed E-state index contributed by atoms with van der Waals surface area (Å²) in [7, 11) is 0.